The van der Waals surface area contributed by atoms with Crippen LogP contribution >= 0.6 is 15.9 Å². The molecule has 1 saturated carbocycles. The molecule has 1 fully saturated rings. The van der Waals surface area contributed by atoms with E-state index in [2.05, 4.69) is 39.7 Å². The molecule has 2 rings (SSSR count). The first-order chi connectivity index (χ1) is 7.58. The highest BCUT2D eigenvalue weighted by molar-refractivity contribution is 9.10. The quantitative estimate of drug-likeness (QED) is 0.923. The minimum atomic E-state index is 0.593. The molecule has 1 aliphatic carbocycles. The van der Waals surface area contributed by atoms with Crippen molar-refractivity contribution in [2.24, 2.45) is 5.92 Å². The molecule has 16 heavy (non-hydrogen) atoms. The highest BCUT2D eigenvalue weighted by Crippen LogP contribution is 2.43. The van der Waals surface area contributed by atoms with Gasteiger partial charge in [-0.3, -0.25) is 0 Å². The van der Waals surface area contributed by atoms with Gasteiger partial charge in [0.05, 0.1) is 10.2 Å². The van der Waals surface area contributed by atoms with Crippen LogP contribution in [0.1, 0.15) is 50.5 Å². The van der Waals surface area contributed by atoms with Crippen molar-refractivity contribution in [3.63, 3.8) is 0 Å². The molecule has 0 radical (unpaired) electrons. The molecule has 88 valence electrons. The maximum absolute atomic E-state index is 5.90. The lowest BCUT2D eigenvalue weighted by molar-refractivity contribution is 0.573. The first-order valence-electron chi connectivity index (χ1n) is 5.89. The van der Waals surface area contributed by atoms with E-state index in [1.54, 1.807) is 0 Å². The Labute approximate surface area is 105 Å². The van der Waals surface area contributed by atoms with Crippen molar-refractivity contribution in [3.8, 4) is 0 Å². The summed E-state index contributed by atoms with van der Waals surface area (Å²) in [5.74, 6) is 2.78. The summed E-state index contributed by atoms with van der Waals surface area (Å²) in [5.41, 5.74) is 7.01. The van der Waals surface area contributed by atoms with Crippen LogP contribution in [0.2, 0.25) is 0 Å². The lowest BCUT2D eigenvalue weighted by Gasteiger charge is -2.09. The summed E-state index contributed by atoms with van der Waals surface area (Å²) in [4.78, 5) is 8.96. The van der Waals surface area contributed by atoms with Crippen molar-refractivity contribution in [1.29, 1.82) is 0 Å². The third-order valence-corrected chi connectivity index (χ3v) is 3.67. The van der Waals surface area contributed by atoms with Gasteiger partial charge in [0.2, 0.25) is 0 Å². The highest BCUT2D eigenvalue weighted by atomic mass is 79.9. The van der Waals surface area contributed by atoms with E-state index >= 15 is 0 Å². The number of anilines is 1. The highest BCUT2D eigenvalue weighted by Gasteiger charge is 2.28. The maximum atomic E-state index is 5.90. The predicted molar refractivity (Wildman–Crippen MR) is 69.3 cm³/mol. The molecule has 0 unspecified atom stereocenters. The number of aryl methyl sites for hydroxylation is 1. The first kappa shape index (κ1) is 11.8. The number of nitrogens with two attached hydrogens (primary N) is 1. The summed E-state index contributed by atoms with van der Waals surface area (Å²) in [7, 11) is 0. The zero-order valence-electron chi connectivity index (χ0n) is 9.83. The van der Waals surface area contributed by atoms with Crippen LogP contribution in [0.5, 0.6) is 0 Å². The standard InChI is InChI=1S/C12H18BrN3/c1-7(2)3-6-9-15-11(8-4-5-8)10(13)12(14)16-9/h7-8H,3-6H2,1-2H3,(H2,14,15,16). The second-order valence-corrected chi connectivity index (χ2v) is 5.72. The molecule has 1 aliphatic rings. The van der Waals surface area contributed by atoms with Gasteiger partial charge in [-0.25, -0.2) is 9.97 Å². The van der Waals surface area contributed by atoms with E-state index in [9.17, 15) is 0 Å². The van der Waals surface area contributed by atoms with E-state index < -0.39 is 0 Å². The SMILES string of the molecule is CC(C)CCc1nc(N)c(Br)c(C2CC2)n1. The van der Waals surface area contributed by atoms with Gasteiger partial charge in [0.25, 0.3) is 0 Å². The van der Waals surface area contributed by atoms with Crippen molar-refractivity contribution in [1.82, 2.24) is 9.97 Å². The van der Waals surface area contributed by atoms with Crippen LogP contribution in [0.3, 0.4) is 0 Å². The van der Waals surface area contributed by atoms with Gasteiger partial charge in [0.1, 0.15) is 11.6 Å². The van der Waals surface area contributed by atoms with Crippen LogP contribution in [0.15, 0.2) is 4.47 Å². The lowest BCUT2D eigenvalue weighted by Crippen LogP contribution is -2.06. The van der Waals surface area contributed by atoms with Crippen molar-refractivity contribution < 1.29 is 0 Å². The van der Waals surface area contributed by atoms with Gasteiger partial charge in [0, 0.05) is 12.3 Å². The molecule has 1 heterocycles. The maximum Gasteiger partial charge on any atom is 0.141 e. The summed E-state index contributed by atoms with van der Waals surface area (Å²) >= 11 is 3.48. The molecular formula is C12H18BrN3. The van der Waals surface area contributed by atoms with Crippen LogP contribution in [0.25, 0.3) is 0 Å². The van der Waals surface area contributed by atoms with Gasteiger partial charge in [-0.1, -0.05) is 13.8 Å². The summed E-state index contributed by atoms with van der Waals surface area (Å²) < 4.78 is 0.906. The van der Waals surface area contributed by atoms with Crippen LogP contribution in [-0.4, -0.2) is 9.97 Å². The van der Waals surface area contributed by atoms with E-state index in [1.807, 2.05) is 0 Å². The first-order valence-corrected chi connectivity index (χ1v) is 6.69. The van der Waals surface area contributed by atoms with Crippen molar-refractivity contribution in [3.05, 3.63) is 16.0 Å². The van der Waals surface area contributed by atoms with Gasteiger partial charge in [0.15, 0.2) is 0 Å². The Morgan fingerprint density at radius 2 is 2.06 bits per heavy atom. The molecule has 0 spiro atoms. The molecule has 3 nitrogen and oxygen atoms in total. The number of rotatable bonds is 4. The molecule has 1 aromatic rings. The normalized spacial score (nSPS) is 15.8. The van der Waals surface area contributed by atoms with Gasteiger partial charge < -0.3 is 5.73 Å². The second kappa shape index (κ2) is 4.70. The molecule has 0 amide bonds. The Bertz CT molecular complexity index is 386. The summed E-state index contributed by atoms with van der Waals surface area (Å²) in [5, 5.41) is 0. The molecule has 0 bridgehead atoms. The number of nitrogens with zero attached hydrogens (tertiary/aromatic N) is 2. The summed E-state index contributed by atoms with van der Waals surface area (Å²) in [6.07, 6.45) is 4.51. The molecule has 0 aliphatic heterocycles. The van der Waals surface area contributed by atoms with E-state index in [0.29, 0.717) is 17.7 Å². The Kier molecular flexibility index (Phi) is 3.47. The average molecular weight is 284 g/mol. The molecule has 2 N–H and O–H groups in total. The van der Waals surface area contributed by atoms with Gasteiger partial charge in [-0.15, -0.1) is 0 Å². The largest absolute Gasteiger partial charge is 0.383 e. The molecular weight excluding hydrogens is 266 g/mol. The average Bonchev–Trinajstić information content (AvgIpc) is 3.03. The van der Waals surface area contributed by atoms with Crippen LogP contribution in [0.4, 0.5) is 5.82 Å². The Morgan fingerprint density at radius 3 is 2.62 bits per heavy atom. The second-order valence-electron chi connectivity index (χ2n) is 4.93. The smallest absolute Gasteiger partial charge is 0.141 e. The Balaban J connectivity index is 2.19. The summed E-state index contributed by atoms with van der Waals surface area (Å²) in [6.45, 7) is 4.42. The fourth-order valence-corrected chi connectivity index (χ4v) is 2.19. The predicted octanol–water partition coefficient (Wildman–Crippen LogP) is 3.29. The topological polar surface area (TPSA) is 51.8 Å². The lowest BCUT2D eigenvalue weighted by atomic mass is 10.1. The minimum absolute atomic E-state index is 0.593. The van der Waals surface area contributed by atoms with Gasteiger partial charge in [-0.2, -0.15) is 0 Å². The van der Waals surface area contributed by atoms with Crippen LogP contribution < -0.4 is 5.73 Å². The number of hydrogen-bond donors (Lipinski definition) is 1. The number of aromatic nitrogens is 2. The third kappa shape index (κ3) is 2.73. The van der Waals surface area contributed by atoms with Crippen LogP contribution in [0, 0.1) is 5.92 Å². The zero-order chi connectivity index (χ0) is 11.7. The van der Waals surface area contributed by atoms with Crippen molar-refractivity contribution in [2.75, 3.05) is 5.73 Å². The fraction of sp³-hybridized carbons (Fsp3) is 0.667. The fourth-order valence-electron chi connectivity index (χ4n) is 1.69. The van der Waals surface area contributed by atoms with Crippen LogP contribution in [-0.2, 0) is 6.42 Å². The van der Waals surface area contributed by atoms with E-state index in [0.717, 1.165) is 28.8 Å². The van der Waals surface area contributed by atoms with E-state index in [1.165, 1.54) is 12.8 Å². The van der Waals surface area contributed by atoms with Gasteiger partial charge in [-0.05, 0) is 41.1 Å². The third-order valence-electron chi connectivity index (χ3n) is 2.86. The number of nitrogen functional groups attached to an aromatic ring is 1. The molecule has 1 aromatic heterocycles. The number of halogens is 1. The minimum Gasteiger partial charge on any atom is -0.383 e. The Hall–Kier alpha value is -0.640. The van der Waals surface area contributed by atoms with Gasteiger partial charge >= 0.3 is 0 Å². The summed E-state index contributed by atoms with van der Waals surface area (Å²) in [6, 6.07) is 0. The zero-order valence-corrected chi connectivity index (χ0v) is 11.4. The Morgan fingerprint density at radius 1 is 1.38 bits per heavy atom. The number of hydrogen-bond acceptors (Lipinski definition) is 3. The molecule has 0 atom stereocenters. The molecule has 0 aromatic carbocycles. The molecule has 4 heteroatoms. The van der Waals surface area contributed by atoms with Crippen molar-refractivity contribution >= 4 is 21.7 Å². The van der Waals surface area contributed by atoms with E-state index in [-0.39, 0.29) is 0 Å². The van der Waals surface area contributed by atoms with Crippen molar-refractivity contribution in [2.45, 2.75) is 45.4 Å². The van der Waals surface area contributed by atoms with E-state index in [4.69, 9.17) is 5.73 Å². The molecule has 0 saturated heterocycles. The monoisotopic (exact) mass is 283 g/mol.